The van der Waals surface area contributed by atoms with Crippen LogP contribution in [0.2, 0.25) is 5.15 Å². The van der Waals surface area contributed by atoms with Crippen molar-refractivity contribution in [3.63, 3.8) is 0 Å². The number of benzene rings is 1. The highest BCUT2D eigenvalue weighted by molar-refractivity contribution is 7.71. The van der Waals surface area contributed by atoms with E-state index < -0.39 is 7.14 Å². The highest BCUT2D eigenvalue weighted by Gasteiger charge is 2.21. The van der Waals surface area contributed by atoms with E-state index in [1.807, 2.05) is 12.1 Å². The molecule has 2 aromatic heterocycles. The summed E-state index contributed by atoms with van der Waals surface area (Å²) in [5, 5.41) is 4.11. The lowest BCUT2D eigenvalue weighted by molar-refractivity contribution is 0.588. The summed E-state index contributed by atoms with van der Waals surface area (Å²) in [6.07, 6.45) is 4.56. The largest absolute Gasteiger partial charge is 0.339 e. The van der Waals surface area contributed by atoms with Gasteiger partial charge in [-0.15, -0.1) is 0 Å². The van der Waals surface area contributed by atoms with Crippen molar-refractivity contribution in [1.82, 2.24) is 19.9 Å². The monoisotopic (exact) mass is 333 g/mol. The van der Waals surface area contributed by atoms with Crippen molar-refractivity contribution in [2.24, 2.45) is 0 Å². The molecule has 0 aliphatic rings. The van der Waals surface area contributed by atoms with Gasteiger partial charge in [0, 0.05) is 18.5 Å². The standard InChI is InChI=1S/C14H13ClN5OP/c1-22(2,21)14-10(20-12-7-11(15)18-8-19-12)4-3-9-13(14)17-6-5-16-9/h3-8H,1-2H3,(H,18,19,20). The third kappa shape index (κ3) is 2.93. The molecule has 22 heavy (non-hydrogen) atoms. The zero-order valence-corrected chi connectivity index (χ0v) is 13.6. The summed E-state index contributed by atoms with van der Waals surface area (Å²) in [6.45, 7) is 3.41. The average Bonchev–Trinajstić information content (AvgIpc) is 2.45. The maximum absolute atomic E-state index is 12.7. The number of nitrogens with zero attached hydrogens (tertiary/aromatic N) is 4. The Hall–Kier alpha value is -2.04. The summed E-state index contributed by atoms with van der Waals surface area (Å²) in [5.74, 6) is 0.526. The van der Waals surface area contributed by atoms with Crippen molar-refractivity contribution in [2.45, 2.75) is 0 Å². The summed E-state index contributed by atoms with van der Waals surface area (Å²) >= 11 is 5.87. The van der Waals surface area contributed by atoms with Crippen molar-refractivity contribution >= 4 is 46.6 Å². The molecule has 112 valence electrons. The minimum absolute atomic E-state index is 0.329. The number of fused-ring (bicyclic) bond motifs is 1. The van der Waals surface area contributed by atoms with Gasteiger partial charge in [-0.2, -0.15) is 0 Å². The maximum atomic E-state index is 12.7. The molecule has 1 N–H and O–H groups in total. The van der Waals surface area contributed by atoms with Crippen molar-refractivity contribution in [3.8, 4) is 0 Å². The first kappa shape index (κ1) is 14.9. The van der Waals surface area contributed by atoms with Gasteiger partial charge in [0.1, 0.15) is 30.0 Å². The van der Waals surface area contributed by atoms with Crippen LogP contribution in [-0.2, 0) is 4.57 Å². The van der Waals surface area contributed by atoms with E-state index in [1.165, 1.54) is 6.33 Å². The Morgan fingerprint density at radius 2 is 1.86 bits per heavy atom. The Morgan fingerprint density at radius 3 is 2.59 bits per heavy atom. The minimum atomic E-state index is -2.59. The van der Waals surface area contributed by atoms with Gasteiger partial charge in [0.05, 0.1) is 16.5 Å². The minimum Gasteiger partial charge on any atom is -0.339 e. The number of hydrogen-bond donors (Lipinski definition) is 1. The van der Waals surface area contributed by atoms with Gasteiger partial charge in [0.25, 0.3) is 0 Å². The summed E-state index contributed by atoms with van der Waals surface area (Å²) in [4.78, 5) is 16.5. The third-order valence-electron chi connectivity index (χ3n) is 3.05. The Bertz CT molecular complexity index is 895. The van der Waals surface area contributed by atoms with Crippen LogP contribution in [0.3, 0.4) is 0 Å². The van der Waals surface area contributed by atoms with E-state index in [2.05, 4.69) is 25.3 Å². The number of anilines is 2. The molecule has 0 aliphatic heterocycles. The fourth-order valence-electron chi connectivity index (χ4n) is 2.21. The molecule has 3 aromatic rings. The Morgan fingerprint density at radius 1 is 1.09 bits per heavy atom. The molecule has 0 atom stereocenters. The molecule has 0 amide bonds. The lowest BCUT2D eigenvalue weighted by atomic mass is 10.2. The van der Waals surface area contributed by atoms with Crippen molar-refractivity contribution in [3.05, 3.63) is 42.1 Å². The lowest BCUT2D eigenvalue weighted by Crippen LogP contribution is -2.13. The number of hydrogen-bond acceptors (Lipinski definition) is 6. The molecule has 2 heterocycles. The Balaban J connectivity index is 2.19. The predicted molar refractivity (Wildman–Crippen MR) is 89.0 cm³/mol. The van der Waals surface area contributed by atoms with Crippen LogP contribution in [-0.4, -0.2) is 33.3 Å². The van der Waals surface area contributed by atoms with Crippen molar-refractivity contribution in [2.75, 3.05) is 18.6 Å². The van der Waals surface area contributed by atoms with Crippen LogP contribution in [0.1, 0.15) is 0 Å². The topological polar surface area (TPSA) is 80.7 Å². The molecule has 0 spiro atoms. The van der Waals surface area contributed by atoms with Crippen LogP contribution < -0.4 is 10.6 Å². The van der Waals surface area contributed by atoms with Crippen molar-refractivity contribution < 1.29 is 4.57 Å². The molecule has 0 saturated heterocycles. The number of nitrogens with one attached hydrogen (secondary N) is 1. The van der Waals surface area contributed by atoms with E-state index in [0.717, 1.165) is 0 Å². The summed E-state index contributed by atoms with van der Waals surface area (Å²) in [5.41, 5.74) is 2.00. The van der Waals surface area contributed by atoms with E-state index >= 15 is 0 Å². The van der Waals surface area contributed by atoms with Gasteiger partial charge in [-0.1, -0.05) is 11.6 Å². The smallest absolute Gasteiger partial charge is 0.135 e. The van der Waals surface area contributed by atoms with Crippen LogP contribution >= 0.6 is 18.7 Å². The van der Waals surface area contributed by atoms with Crippen LogP contribution in [0.25, 0.3) is 11.0 Å². The predicted octanol–water partition coefficient (Wildman–Crippen LogP) is 3.06. The van der Waals surface area contributed by atoms with E-state index in [1.54, 1.807) is 31.8 Å². The highest BCUT2D eigenvalue weighted by atomic mass is 35.5. The zero-order chi connectivity index (χ0) is 15.7. The molecule has 0 aliphatic carbocycles. The van der Waals surface area contributed by atoms with Crippen LogP contribution in [0, 0.1) is 0 Å². The highest BCUT2D eigenvalue weighted by Crippen LogP contribution is 2.40. The molecule has 0 radical (unpaired) electrons. The SMILES string of the molecule is CP(C)(=O)c1c(Nc2cc(Cl)ncn2)ccc2nccnc12. The quantitative estimate of drug-likeness (QED) is 0.586. The molecule has 6 nitrogen and oxygen atoms in total. The second-order valence-corrected chi connectivity index (χ2v) is 8.62. The van der Waals surface area contributed by atoms with Gasteiger partial charge in [0.15, 0.2) is 0 Å². The molecular weight excluding hydrogens is 321 g/mol. The molecular formula is C14H13ClN5OP. The Kier molecular flexibility index (Phi) is 3.81. The third-order valence-corrected chi connectivity index (χ3v) is 4.79. The van der Waals surface area contributed by atoms with Crippen LogP contribution in [0.4, 0.5) is 11.5 Å². The molecule has 3 rings (SSSR count). The van der Waals surface area contributed by atoms with Gasteiger partial charge in [-0.25, -0.2) is 9.97 Å². The van der Waals surface area contributed by atoms with Gasteiger partial charge in [-0.3, -0.25) is 9.97 Å². The van der Waals surface area contributed by atoms with Crippen molar-refractivity contribution in [1.29, 1.82) is 0 Å². The summed E-state index contributed by atoms with van der Waals surface area (Å²) in [7, 11) is -2.59. The maximum Gasteiger partial charge on any atom is 0.135 e. The number of aromatic nitrogens is 4. The fraction of sp³-hybridized carbons (Fsp3) is 0.143. The van der Waals surface area contributed by atoms with Gasteiger partial charge < -0.3 is 9.88 Å². The van der Waals surface area contributed by atoms with Gasteiger partial charge >= 0.3 is 0 Å². The number of rotatable bonds is 3. The van der Waals surface area contributed by atoms with Gasteiger partial charge in [-0.05, 0) is 25.5 Å². The first-order valence-electron chi connectivity index (χ1n) is 6.49. The van der Waals surface area contributed by atoms with E-state index in [0.29, 0.717) is 33.0 Å². The molecule has 0 bridgehead atoms. The normalized spacial score (nSPS) is 11.6. The van der Waals surface area contributed by atoms with E-state index in [4.69, 9.17) is 11.6 Å². The first-order valence-corrected chi connectivity index (χ1v) is 9.47. The fourth-order valence-corrected chi connectivity index (χ4v) is 3.75. The van der Waals surface area contributed by atoms with Crippen LogP contribution in [0.5, 0.6) is 0 Å². The summed E-state index contributed by atoms with van der Waals surface area (Å²) in [6, 6.07) is 5.25. The zero-order valence-electron chi connectivity index (χ0n) is 12.0. The molecule has 1 aromatic carbocycles. The Labute approximate surface area is 132 Å². The lowest BCUT2D eigenvalue weighted by Gasteiger charge is -2.16. The van der Waals surface area contributed by atoms with E-state index in [-0.39, 0.29) is 0 Å². The average molecular weight is 334 g/mol. The molecule has 8 heteroatoms. The molecule has 0 fully saturated rings. The number of halogens is 1. The molecule has 0 saturated carbocycles. The second kappa shape index (κ2) is 5.63. The summed E-state index contributed by atoms with van der Waals surface area (Å²) < 4.78 is 12.7. The first-order chi connectivity index (χ1) is 10.4. The van der Waals surface area contributed by atoms with Crippen LogP contribution in [0.15, 0.2) is 36.9 Å². The molecule has 0 unspecified atom stereocenters. The van der Waals surface area contributed by atoms with Gasteiger partial charge in [0.2, 0.25) is 0 Å². The van der Waals surface area contributed by atoms with E-state index in [9.17, 15) is 4.57 Å². The second-order valence-electron chi connectivity index (χ2n) is 5.09.